The third kappa shape index (κ3) is 4.84. The van der Waals surface area contributed by atoms with E-state index in [9.17, 15) is 13.2 Å². The monoisotopic (exact) mass is 292 g/mol. The summed E-state index contributed by atoms with van der Waals surface area (Å²) in [6, 6.07) is 6.32. The highest BCUT2D eigenvalue weighted by molar-refractivity contribution is 7.90. The van der Waals surface area contributed by atoms with Gasteiger partial charge in [-0.3, -0.25) is 4.79 Å². The molecule has 0 aliphatic rings. The van der Waals surface area contributed by atoms with Crippen LogP contribution in [0.25, 0.3) is 0 Å². The largest absolute Gasteiger partial charge is 0.352 e. The molecule has 5 nitrogen and oxygen atoms in total. The molecule has 6 heteroatoms. The van der Waals surface area contributed by atoms with Crippen LogP contribution in [-0.4, -0.2) is 26.7 Å². The quantitative estimate of drug-likeness (QED) is 0.637. The Balaban J connectivity index is 2.64. The molecular formula is C14H16N2O3S. The highest BCUT2D eigenvalue weighted by atomic mass is 32.2. The standard InChI is InChI=1S/C14H16N2O3S/c1-3-5-14(17)15-11-10-12-6-8-13(9-7-12)20(18,19)16-4-2/h3,5-9H,2,10-11H2,1H3,(H,15,17)/b5-3+. The summed E-state index contributed by atoms with van der Waals surface area (Å²) in [6.45, 7) is 5.40. The fourth-order valence-corrected chi connectivity index (χ4v) is 2.26. The molecule has 0 saturated carbocycles. The molecule has 1 aromatic carbocycles. The van der Waals surface area contributed by atoms with E-state index in [0.717, 1.165) is 5.56 Å². The van der Waals surface area contributed by atoms with Crippen molar-refractivity contribution in [3.05, 3.63) is 48.6 Å². The van der Waals surface area contributed by atoms with Gasteiger partial charge >= 0.3 is 0 Å². The van der Waals surface area contributed by atoms with Gasteiger partial charge in [0.25, 0.3) is 10.0 Å². The van der Waals surface area contributed by atoms with E-state index in [2.05, 4.69) is 16.3 Å². The maximum absolute atomic E-state index is 11.6. The number of sulfonamides is 1. The van der Waals surface area contributed by atoms with Gasteiger partial charge in [0.15, 0.2) is 0 Å². The molecule has 1 aromatic rings. The van der Waals surface area contributed by atoms with E-state index in [1.165, 1.54) is 18.2 Å². The smallest absolute Gasteiger partial charge is 0.289 e. The van der Waals surface area contributed by atoms with Gasteiger partial charge in [0, 0.05) is 6.54 Å². The molecule has 0 fully saturated rings. The maximum atomic E-state index is 11.6. The van der Waals surface area contributed by atoms with Crippen LogP contribution in [-0.2, 0) is 21.2 Å². The lowest BCUT2D eigenvalue weighted by atomic mass is 10.1. The highest BCUT2D eigenvalue weighted by Crippen LogP contribution is 2.13. The number of hydrogen-bond donors (Lipinski definition) is 1. The van der Waals surface area contributed by atoms with Gasteiger partial charge in [0.2, 0.25) is 5.91 Å². The van der Waals surface area contributed by atoms with Crippen molar-refractivity contribution in [2.45, 2.75) is 18.2 Å². The number of carbonyl (C=O) groups is 1. The Hall–Kier alpha value is -2.17. The topological polar surface area (TPSA) is 75.6 Å². The van der Waals surface area contributed by atoms with Crippen molar-refractivity contribution in [1.82, 2.24) is 5.32 Å². The Morgan fingerprint density at radius 2 is 2.05 bits per heavy atom. The number of nitrogens with one attached hydrogen (secondary N) is 1. The van der Waals surface area contributed by atoms with Crippen LogP contribution in [0.2, 0.25) is 0 Å². The Morgan fingerprint density at radius 1 is 1.40 bits per heavy atom. The number of benzene rings is 1. The van der Waals surface area contributed by atoms with E-state index in [1.54, 1.807) is 25.1 Å². The minimum Gasteiger partial charge on any atom is -0.352 e. The molecule has 0 aliphatic carbocycles. The van der Waals surface area contributed by atoms with Crippen LogP contribution in [0.3, 0.4) is 0 Å². The third-order valence-corrected chi connectivity index (χ3v) is 3.67. The molecule has 0 atom stereocenters. The van der Waals surface area contributed by atoms with Crippen LogP contribution in [0.5, 0.6) is 0 Å². The number of allylic oxidation sites excluding steroid dienone is 1. The Bertz CT molecular complexity index is 640. The van der Waals surface area contributed by atoms with Crippen LogP contribution in [0.1, 0.15) is 12.5 Å². The lowest BCUT2D eigenvalue weighted by Gasteiger charge is -2.04. The first-order chi connectivity index (χ1) is 9.49. The van der Waals surface area contributed by atoms with Crippen molar-refractivity contribution < 1.29 is 13.2 Å². The van der Waals surface area contributed by atoms with E-state index in [4.69, 9.17) is 0 Å². The third-order valence-electron chi connectivity index (χ3n) is 2.44. The van der Waals surface area contributed by atoms with Crippen LogP contribution in [0.15, 0.2) is 52.3 Å². The second-order valence-electron chi connectivity index (χ2n) is 3.91. The van der Waals surface area contributed by atoms with E-state index >= 15 is 0 Å². The first-order valence-corrected chi connectivity index (χ1v) is 7.42. The molecule has 20 heavy (non-hydrogen) atoms. The molecular weight excluding hydrogens is 276 g/mol. The summed E-state index contributed by atoms with van der Waals surface area (Å²) in [4.78, 5) is 11.3. The second kappa shape index (κ2) is 7.43. The molecule has 0 bridgehead atoms. The number of carbonyl (C=O) groups excluding carboxylic acids is 1. The van der Waals surface area contributed by atoms with E-state index in [1.807, 2.05) is 5.87 Å². The number of rotatable bonds is 6. The Kier molecular flexibility index (Phi) is 5.90. The predicted molar refractivity (Wildman–Crippen MR) is 78.2 cm³/mol. The summed E-state index contributed by atoms with van der Waals surface area (Å²) in [5.74, 6) is 1.87. The Labute approximate surface area is 118 Å². The molecule has 1 N–H and O–H groups in total. The minimum absolute atomic E-state index is 0.0929. The Morgan fingerprint density at radius 3 is 2.60 bits per heavy atom. The molecule has 0 spiro atoms. The van der Waals surface area contributed by atoms with Crippen LogP contribution < -0.4 is 5.32 Å². The van der Waals surface area contributed by atoms with E-state index in [-0.39, 0.29) is 10.8 Å². The van der Waals surface area contributed by atoms with Crippen molar-refractivity contribution in [1.29, 1.82) is 0 Å². The summed E-state index contributed by atoms with van der Waals surface area (Å²) in [5, 5.41) is 2.72. The van der Waals surface area contributed by atoms with Gasteiger partial charge in [-0.15, -0.1) is 4.40 Å². The van der Waals surface area contributed by atoms with Crippen LogP contribution in [0.4, 0.5) is 0 Å². The number of nitrogens with zero attached hydrogens (tertiary/aromatic N) is 1. The molecule has 0 aliphatic heterocycles. The van der Waals surface area contributed by atoms with Gasteiger partial charge < -0.3 is 5.32 Å². The summed E-state index contributed by atoms with van der Waals surface area (Å²) >= 11 is 0. The zero-order valence-electron chi connectivity index (χ0n) is 11.2. The van der Waals surface area contributed by atoms with Crippen molar-refractivity contribution in [3.8, 4) is 0 Å². The van der Waals surface area contributed by atoms with Crippen molar-refractivity contribution in [2.75, 3.05) is 6.54 Å². The predicted octanol–water partition coefficient (Wildman–Crippen LogP) is 1.47. The van der Waals surface area contributed by atoms with Gasteiger partial charge in [-0.25, -0.2) is 0 Å². The normalized spacial score (nSPS) is 11.1. The fourth-order valence-electron chi connectivity index (χ4n) is 1.51. The minimum atomic E-state index is -3.70. The molecule has 1 amide bonds. The van der Waals surface area contributed by atoms with E-state index < -0.39 is 10.0 Å². The molecule has 0 radical (unpaired) electrons. The lowest BCUT2D eigenvalue weighted by Crippen LogP contribution is -2.23. The molecule has 0 saturated heterocycles. The van der Waals surface area contributed by atoms with Crippen LogP contribution in [0, 0.1) is 0 Å². The zero-order valence-corrected chi connectivity index (χ0v) is 12.0. The first-order valence-electron chi connectivity index (χ1n) is 5.98. The van der Waals surface area contributed by atoms with Gasteiger partial charge in [-0.05, 0) is 49.6 Å². The van der Waals surface area contributed by atoms with Crippen LogP contribution >= 0.6 is 0 Å². The molecule has 0 aromatic heterocycles. The first kappa shape index (κ1) is 15.9. The molecule has 0 heterocycles. The molecule has 106 valence electrons. The van der Waals surface area contributed by atoms with Gasteiger partial charge in [0.05, 0.1) is 4.90 Å². The van der Waals surface area contributed by atoms with Gasteiger partial charge in [-0.2, -0.15) is 8.42 Å². The average Bonchev–Trinajstić information content (AvgIpc) is 2.39. The van der Waals surface area contributed by atoms with Gasteiger partial charge in [0.1, 0.15) is 0 Å². The van der Waals surface area contributed by atoms with E-state index in [0.29, 0.717) is 13.0 Å². The van der Waals surface area contributed by atoms with Crippen molar-refractivity contribution in [2.24, 2.45) is 4.40 Å². The summed E-state index contributed by atoms with van der Waals surface area (Å²) in [5.41, 5.74) is 0.923. The zero-order chi connectivity index (χ0) is 15.0. The highest BCUT2D eigenvalue weighted by Gasteiger charge is 2.10. The molecule has 0 unspecified atom stereocenters. The average molecular weight is 292 g/mol. The van der Waals surface area contributed by atoms with Crippen molar-refractivity contribution >= 4 is 21.8 Å². The number of amides is 1. The summed E-state index contributed by atoms with van der Waals surface area (Å²) in [7, 11) is -3.70. The maximum Gasteiger partial charge on any atom is 0.289 e. The second-order valence-corrected chi connectivity index (χ2v) is 5.51. The van der Waals surface area contributed by atoms with Crippen molar-refractivity contribution in [3.63, 3.8) is 0 Å². The molecule has 1 rings (SSSR count). The summed E-state index contributed by atoms with van der Waals surface area (Å²) in [6.07, 6.45) is 3.73. The van der Waals surface area contributed by atoms with Gasteiger partial charge in [-0.1, -0.05) is 18.2 Å². The lowest BCUT2D eigenvalue weighted by molar-refractivity contribution is -0.116. The summed E-state index contributed by atoms with van der Waals surface area (Å²) < 4.78 is 26.4. The number of hydrogen-bond acceptors (Lipinski definition) is 3. The SMILES string of the molecule is C=C=NS(=O)(=O)c1ccc(CCNC(=O)/C=C/C)cc1. The fraction of sp³-hybridized carbons (Fsp3) is 0.214.